The molecule has 1 fully saturated rings. The second kappa shape index (κ2) is 8.83. The summed E-state index contributed by atoms with van der Waals surface area (Å²) in [6, 6.07) is 5.49. The second-order valence-corrected chi connectivity index (χ2v) is 8.45. The van der Waals surface area contributed by atoms with Crippen LogP contribution in [0.3, 0.4) is 0 Å². The Morgan fingerprint density at radius 3 is 2.70 bits per heavy atom. The van der Waals surface area contributed by atoms with Gasteiger partial charge in [-0.25, -0.2) is 15.0 Å². The minimum atomic E-state index is -0.248. The number of aromatic nitrogens is 3. The van der Waals surface area contributed by atoms with E-state index >= 15 is 0 Å². The molecule has 9 heteroatoms. The Kier molecular flexibility index (Phi) is 6.40. The lowest BCUT2D eigenvalue weighted by atomic mass is 10.1. The first-order chi connectivity index (χ1) is 14.2. The molecule has 2 aromatic heterocycles. The van der Waals surface area contributed by atoms with Crippen LogP contribution in [0.15, 0.2) is 18.2 Å². The molecule has 9 nitrogen and oxygen atoms in total. The number of hydrogen-bond acceptors (Lipinski definition) is 8. The van der Waals surface area contributed by atoms with Crippen LogP contribution in [0.4, 0.5) is 17.5 Å². The van der Waals surface area contributed by atoms with Crippen molar-refractivity contribution in [3.8, 4) is 11.4 Å². The maximum absolute atomic E-state index is 12.5. The number of nitrogens with one attached hydrogen (secondary N) is 2. The molecule has 3 heterocycles. The highest BCUT2D eigenvalue weighted by Crippen LogP contribution is 2.26. The highest BCUT2D eigenvalue weighted by molar-refractivity contribution is 5.94. The van der Waals surface area contributed by atoms with E-state index < -0.39 is 0 Å². The first kappa shape index (κ1) is 21.8. The van der Waals surface area contributed by atoms with Crippen molar-refractivity contribution in [1.82, 2.24) is 20.3 Å². The van der Waals surface area contributed by atoms with E-state index in [0.29, 0.717) is 48.5 Å². The first-order valence-corrected chi connectivity index (χ1v) is 10.2. The van der Waals surface area contributed by atoms with Gasteiger partial charge >= 0.3 is 0 Å². The van der Waals surface area contributed by atoms with Crippen LogP contribution in [-0.2, 0) is 4.74 Å². The predicted molar refractivity (Wildman–Crippen MR) is 119 cm³/mol. The third kappa shape index (κ3) is 5.35. The third-order valence-electron chi connectivity index (χ3n) is 4.55. The molecule has 1 aliphatic heterocycles. The third-order valence-corrected chi connectivity index (χ3v) is 4.55. The average Bonchev–Trinajstić information content (AvgIpc) is 2.66. The molecule has 1 amide bonds. The van der Waals surface area contributed by atoms with Gasteiger partial charge in [0.05, 0.1) is 19.3 Å². The minimum Gasteiger partial charge on any atom is -0.384 e. The van der Waals surface area contributed by atoms with Gasteiger partial charge in [0.15, 0.2) is 5.82 Å². The van der Waals surface area contributed by atoms with E-state index in [1.807, 2.05) is 33.8 Å². The van der Waals surface area contributed by atoms with E-state index in [4.69, 9.17) is 15.5 Å². The number of amides is 1. The summed E-state index contributed by atoms with van der Waals surface area (Å²) >= 11 is 0. The zero-order valence-electron chi connectivity index (χ0n) is 18.3. The van der Waals surface area contributed by atoms with Crippen LogP contribution in [-0.4, -0.2) is 58.7 Å². The normalized spacial score (nSPS) is 17.0. The lowest BCUT2D eigenvalue weighted by Crippen LogP contribution is -2.44. The van der Waals surface area contributed by atoms with Gasteiger partial charge in [-0.2, -0.15) is 0 Å². The molecule has 0 bridgehead atoms. The van der Waals surface area contributed by atoms with Crippen molar-refractivity contribution < 1.29 is 9.53 Å². The van der Waals surface area contributed by atoms with Gasteiger partial charge in [-0.15, -0.1) is 0 Å². The fraction of sp³-hybridized carbons (Fsp3) is 0.524. The number of nitrogen functional groups attached to an aromatic ring is 1. The fourth-order valence-electron chi connectivity index (χ4n) is 3.27. The Labute approximate surface area is 177 Å². The maximum Gasteiger partial charge on any atom is 0.269 e. The van der Waals surface area contributed by atoms with Crippen molar-refractivity contribution >= 4 is 23.4 Å². The number of carbonyl (C=O) groups excluding carboxylic acids is 1. The molecule has 0 aliphatic carbocycles. The minimum absolute atomic E-state index is 0.183. The van der Waals surface area contributed by atoms with E-state index in [9.17, 15) is 4.79 Å². The van der Waals surface area contributed by atoms with E-state index in [1.54, 1.807) is 12.1 Å². The summed E-state index contributed by atoms with van der Waals surface area (Å²) in [5.74, 6) is 1.90. The van der Waals surface area contributed by atoms with Crippen molar-refractivity contribution in [2.45, 2.75) is 46.2 Å². The Morgan fingerprint density at radius 1 is 1.27 bits per heavy atom. The largest absolute Gasteiger partial charge is 0.384 e. The number of ether oxygens (including phenoxy) is 1. The van der Waals surface area contributed by atoms with Crippen molar-refractivity contribution in [3.63, 3.8) is 0 Å². The molecule has 0 aromatic carbocycles. The maximum atomic E-state index is 12.5. The first-order valence-electron chi connectivity index (χ1n) is 10.2. The summed E-state index contributed by atoms with van der Waals surface area (Å²) in [6.45, 7) is 12.6. The highest BCUT2D eigenvalue weighted by Gasteiger charge is 2.22. The van der Waals surface area contributed by atoms with Crippen LogP contribution >= 0.6 is 0 Å². The van der Waals surface area contributed by atoms with Crippen LogP contribution in [0.5, 0.6) is 0 Å². The van der Waals surface area contributed by atoms with Crippen molar-refractivity contribution in [3.05, 3.63) is 23.9 Å². The Morgan fingerprint density at radius 2 is 2.03 bits per heavy atom. The fourth-order valence-corrected chi connectivity index (χ4v) is 3.27. The zero-order chi connectivity index (χ0) is 21.9. The standard InChI is InChI=1S/C21H31N7O2/c1-6-23-20(29)15-9-14(10-17(24-15)27-21(3,4)5)19-25-16(22)11-18(26-19)28-7-8-30-12-13(28)2/h9-11,13H,6-8,12H2,1-5H3,(H,23,29)(H,24,27)(H2,22,25,26). The molecule has 4 N–H and O–H groups in total. The van der Waals surface area contributed by atoms with Gasteiger partial charge in [0, 0.05) is 30.3 Å². The Balaban J connectivity index is 2.06. The summed E-state index contributed by atoms with van der Waals surface area (Å²) in [5.41, 5.74) is 6.86. The second-order valence-electron chi connectivity index (χ2n) is 8.45. The molecule has 3 rings (SSSR count). The van der Waals surface area contributed by atoms with Crippen LogP contribution in [0.25, 0.3) is 11.4 Å². The molecule has 0 radical (unpaired) electrons. The van der Waals surface area contributed by atoms with Crippen molar-refractivity contribution in [1.29, 1.82) is 0 Å². The summed E-state index contributed by atoms with van der Waals surface area (Å²) in [6.07, 6.45) is 0. The smallest absolute Gasteiger partial charge is 0.269 e. The summed E-state index contributed by atoms with van der Waals surface area (Å²) in [4.78, 5) is 28.3. The van der Waals surface area contributed by atoms with Gasteiger partial charge in [-0.05, 0) is 46.8 Å². The number of morpholine rings is 1. The molecule has 2 aromatic rings. The summed E-state index contributed by atoms with van der Waals surface area (Å²) in [7, 11) is 0. The molecule has 1 unspecified atom stereocenters. The topological polar surface area (TPSA) is 118 Å². The molecule has 162 valence electrons. The number of anilines is 3. The zero-order valence-corrected chi connectivity index (χ0v) is 18.3. The van der Waals surface area contributed by atoms with Crippen LogP contribution < -0.4 is 21.3 Å². The summed E-state index contributed by atoms with van der Waals surface area (Å²) < 4.78 is 5.53. The van der Waals surface area contributed by atoms with Crippen molar-refractivity contribution in [2.24, 2.45) is 0 Å². The van der Waals surface area contributed by atoms with Gasteiger partial charge in [0.1, 0.15) is 23.1 Å². The van der Waals surface area contributed by atoms with E-state index in [1.165, 1.54) is 0 Å². The van der Waals surface area contributed by atoms with Crippen LogP contribution in [0.2, 0.25) is 0 Å². The number of hydrogen-bond donors (Lipinski definition) is 3. The molecule has 1 saturated heterocycles. The molecule has 1 aliphatic rings. The average molecular weight is 414 g/mol. The van der Waals surface area contributed by atoms with Gasteiger partial charge in [0.2, 0.25) is 0 Å². The highest BCUT2D eigenvalue weighted by atomic mass is 16.5. The van der Waals surface area contributed by atoms with Gasteiger partial charge < -0.3 is 26.0 Å². The Hall–Kier alpha value is -2.94. The molecular weight excluding hydrogens is 382 g/mol. The van der Waals surface area contributed by atoms with E-state index in [-0.39, 0.29) is 17.5 Å². The quantitative estimate of drug-likeness (QED) is 0.683. The number of nitrogens with two attached hydrogens (primary N) is 1. The number of pyridine rings is 1. The van der Waals surface area contributed by atoms with Crippen molar-refractivity contribution in [2.75, 3.05) is 42.3 Å². The lowest BCUT2D eigenvalue weighted by Gasteiger charge is -2.34. The molecule has 0 saturated carbocycles. The van der Waals surface area contributed by atoms with Crippen LogP contribution in [0.1, 0.15) is 45.1 Å². The molecule has 1 atom stereocenters. The molecular formula is C21H31N7O2. The Bertz CT molecular complexity index is 911. The molecule has 30 heavy (non-hydrogen) atoms. The monoisotopic (exact) mass is 413 g/mol. The van der Waals surface area contributed by atoms with E-state index in [2.05, 4.69) is 32.4 Å². The lowest BCUT2D eigenvalue weighted by molar-refractivity contribution is 0.0951. The van der Waals surface area contributed by atoms with E-state index in [0.717, 1.165) is 12.4 Å². The number of rotatable bonds is 5. The van der Waals surface area contributed by atoms with Crippen LogP contribution in [0, 0.1) is 0 Å². The molecule has 0 spiro atoms. The van der Waals surface area contributed by atoms with Gasteiger partial charge in [-0.3, -0.25) is 4.79 Å². The number of nitrogens with zero attached hydrogens (tertiary/aromatic N) is 4. The summed E-state index contributed by atoms with van der Waals surface area (Å²) in [5, 5.41) is 6.12. The van der Waals surface area contributed by atoms with Gasteiger partial charge in [-0.1, -0.05) is 0 Å². The van der Waals surface area contributed by atoms with Gasteiger partial charge in [0.25, 0.3) is 5.91 Å². The number of carbonyl (C=O) groups is 1. The predicted octanol–water partition coefficient (Wildman–Crippen LogP) is 2.31. The SMILES string of the molecule is CCNC(=O)c1cc(-c2nc(N)cc(N3CCOCC3C)n2)cc(NC(C)(C)C)n1.